The van der Waals surface area contributed by atoms with E-state index in [4.69, 9.17) is 9.47 Å². The lowest BCUT2D eigenvalue weighted by atomic mass is 9.94. The van der Waals surface area contributed by atoms with E-state index in [0.717, 1.165) is 38.6 Å². The first-order chi connectivity index (χ1) is 8.57. The molecule has 1 aliphatic carbocycles. The van der Waals surface area contributed by atoms with Gasteiger partial charge in [-0.1, -0.05) is 6.92 Å². The highest BCUT2D eigenvalue weighted by Gasteiger charge is 2.26. The van der Waals surface area contributed by atoms with Crippen molar-refractivity contribution >= 4 is 0 Å². The van der Waals surface area contributed by atoms with E-state index in [2.05, 4.69) is 12.2 Å². The predicted molar refractivity (Wildman–Crippen MR) is 72.8 cm³/mol. The lowest BCUT2D eigenvalue weighted by molar-refractivity contribution is -0.0878. The number of rotatable bonds is 8. The molecule has 18 heavy (non-hydrogen) atoms. The second-order valence-electron chi connectivity index (χ2n) is 5.63. The molecule has 4 nitrogen and oxygen atoms in total. The Morgan fingerprint density at radius 3 is 2.72 bits per heavy atom. The summed E-state index contributed by atoms with van der Waals surface area (Å²) in [7, 11) is 1.76. The Morgan fingerprint density at radius 2 is 2.06 bits per heavy atom. The monoisotopic (exact) mass is 259 g/mol. The minimum absolute atomic E-state index is 0.237. The van der Waals surface area contributed by atoms with Crippen molar-refractivity contribution in [3.63, 3.8) is 0 Å². The zero-order valence-corrected chi connectivity index (χ0v) is 12.1. The third kappa shape index (κ3) is 6.14. The Bertz CT molecular complexity index is 221. The fourth-order valence-corrected chi connectivity index (χ4v) is 2.35. The molecule has 0 heterocycles. The van der Waals surface area contributed by atoms with Gasteiger partial charge in [0, 0.05) is 13.7 Å². The number of hydrogen-bond donors (Lipinski definition) is 2. The van der Waals surface area contributed by atoms with Gasteiger partial charge in [-0.3, -0.25) is 0 Å². The van der Waals surface area contributed by atoms with Crippen molar-refractivity contribution in [1.29, 1.82) is 0 Å². The van der Waals surface area contributed by atoms with Gasteiger partial charge in [-0.2, -0.15) is 0 Å². The molecular weight excluding hydrogens is 230 g/mol. The molecule has 0 spiro atoms. The number of nitrogens with one attached hydrogen (secondary N) is 1. The van der Waals surface area contributed by atoms with Crippen LogP contribution in [0.5, 0.6) is 0 Å². The molecule has 3 unspecified atom stereocenters. The van der Waals surface area contributed by atoms with E-state index in [1.165, 1.54) is 0 Å². The van der Waals surface area contributed by atoms with E-state index >= 15 is 0 Å². The van der Waals surface area contributed by atoms with Crippen LogP contribution >= 0.6 is 0 Å². The van der Waals surface area contributed by atoms with Crippen molar-refractivity contribution in [1.82, 2.24) is 5.32 Å². The largest absolute Gasteiger partial charge is 0.386 e. The normalized spacial score (nSPS) is 28.0. The van der Waals surface area contributed by atoms with Gasteiger partial charge in [-0.05, 0) is 45.6 Å². The lowest BCUT2D eigenvalue weighted by Crippen LogP contribution is -2.43. The van der Waals surface area contributed by atoms with E-state index in [1.807, 2.05) is 6.92 Å². The number of hydrogen-bond acceptors (Lipinski definition) is 4. The Morgan fingerprint density at radius 1 is 1.33 bits per heavy atom. The van der Waals surface area contributed by atoms with E-state index in [1.54, 1.807) is 7.11 Å². The van der Waals surface area contributed by atoms with Crippen LogP contribution in [0.2, 0.25) is 0 Å². The number of ether oxygens (including phenoxy) is 2. The van der Waals surface area contributed by atoms with E-state index in [9.17, 15) is 5.11 Å². The van der Waals surface area contributed by atoms with Gasteiger partial charge in [0.2, 0.25) is 0 Å². The van der Waals surface area contributed by atoms with Crippen LogP contribution in [0.3, 0.4) is 0 Å². The van der Waals surface area contributed by atoms with Crippen molar-refractivity contribution in [2.75, 3.05) is 26.8 Å². The third-order valence-corrected chi connectivity index (χ3v) is 3.47. The van der Waals surface area contributed by atoms with Gasteiger partial charge in [0.25, 0.3) is 0 Å². The molecule has 3 atom stereocenters. The van der Waals surface area contributed by atoms with Crippen molar-refractivity contribution in [2.45, 2.75) is 63.8 Å². The van der Waals surface area contributed by atoms with Gasteiger partial charge >= 0.3 is 0 Å². The van der Waals surface area contributed by atoms with Crippen LogP contribution in [0.25, 0.3) is 0 Å². The van der Waals surface area contributed by atoms with Crippen LogP contribution in [-0.4, -0.2) is 49.7 Å². The lowest BCUT2D eigenvalue weighted by Gasteiger charge is -2.31. The Balaban J connectivity index is 2.21. The van der Waals surface area contributed by atoms with E-state index < -0.39 is 5.60 Å². The zero-order valence-electron chi connectivity index (χ0n) is 12.1. The molecule has 1 saturated carbocycles. The summed E-state index contributed by atoms with van der Waals surface area (Å²) in [5, 5.41) is 13.4. The summed E-state index contributed by atoms with van der Waals surface area (Å²) in [6.45, 7) is 5.86. The summed E-state index contributed by atoms with van der Waals surface area (Å²) >= 11 is 0. The van der Waals surface area contributed by atoms with Gasteiger partial charge in [0.1, 0.15) is 0 Å². The smallest absolute Gasteiger partial charge is 0.0975 e. The van der Waals surface area contributed by atoms with Crippen LogP contribution < -0.4 is 5.32 Å². The summed E-state index contributed by atoms with van der Waals surface area (Å²) in [5.41, 5.74) is -0.783. The predicted octanol–water partition coefficient (Wildman–Crippen LogP) is 1.71. The molecule has 0 bridgehead atoms. The summed E-state index contributed by atoms with van der Waals surface area (Å²) in [4.78, 5) is 0. The highest BCUT2D eigenvalue weighted by molar-refractivity contribution is 4.78. The molecule has 2 N–H and O–H groups in total. The van der Waals surface area contributed by atoms with E-state index in [0.29, 0.717) is 19.3 Å². The average Bonchev–Trinajstić information content (AvgIpc) is 2.37. The zero-order chi connectivity index (χ0) is 13.4. The maximum absolute atomic E-state index is 10.2. The molecule has 1 aliphatic rings. The molecule has 0 radical (unpaired) electrons. The molecule has 0 saturated heterocycles. The van der Waals surface area contributed by atoms with Gasteiger partial charge < -0.3 is 19.9 Å². The standard InChI is InChI=1S/C14H29NO3/c1-4-8-15-10-14(2,16)11-18-13-7-5-6-12(9-13)17-3/h12-13,15-16H,4-11H2,1-3H3. The first-order valence-electron chi connectivity index (χ1n) is 7.15. The van der Waals surface area contributed by atoms with Crippen LogP contribution in [0, 0.1) is 0 Å². The first-order valence-corrected chi connectivity index (χ1v) is 7.15. The Kier molecular flexibility index (Phi) is 7.15. The van der Waals surface area contributed by atoms with Gasteiger partial charge in [-0.25, -0.2) is 0 Å². The molecule has 0 aromatic rings. The summed E-state index contributed by atoms with van der Waals surface area (Å²) in [6, 6.07) is 0. The number of methoxy groups -OCH3 is 1. The average molecular weight is 259 g/mol. The topological polar surface area (TPSA) is 50.7 Å². The highest BCUT2D eigenvalue weighted by atomic mass is 16.5. The SMILES string of the molecule is CCCNCC(C)(O)COC1CCCC(OC)C1. The van der Waals surface area contributed by atoms with Crippen LogP contribution in [0.15, 0.2) is 0 Å². The van der Waals surface area contributed by atoms with Crippen molar-refractivity contribution < 1.29 is 14.6 Å². The van der Waals surface area contributed by atoms with Crippen molar-refractivity contribution in [2.24, 2.45) is 0 Å². The van der Waals surface area contributed by atoms with Gasteiger partial charge in [0.05, 0.1) is 24.4 Å². The maximum Gasteiger partial charge on any atom is 0.0975 e. The first kappa shape index (κ1) is 15.9. The summed E-state index contributed by atoms with van der Waals surface area (Å²) in [5.74, 6) is 0. The summed E-state index contributed by atoms with van der Waals surface area (Å²) < 4.78 is 11.2. The fourth-order valence-electron chi connectivity index (χ4n) is 2.35. The molecule has 1 rings (SSSR count). The third-order valence-electron chi connectivity index (χ3n) is 3.47. The van der Waals surface area contributed by atoms with Crippen molar-refractivity contribution in [3.8, 4) is 0 Å². The highest BCUT2D eigenvalue weighted by Crippen LogP contribution is 2.23. The molecule has 4 heteroatoms. The quantitative estimate of drug-likeness (QED) is 0.652. The number of aliphatic hydroxyl groups is 1. The summed E-state index contributed by atoms with van der Waals surface area (Å²) in [6.07, 6.45) is 5.96. The van der Waals surface area contributed by atoms with Crippen LogP contribution in [0.1, 0.15) is 46.0 Å². The molecule has 1 fully saturated rings. The molecule has 108 valence electrons. The molecule has 0 amide bonds. The Labute approximate surface area is 111 Å². The molecular formula is C14H29NO3. The van der Waals surface area contributed by atoms with E-state index in [-0.39, 0.29) is 6.10 Å². The minimum atomic E-state index is -0.783. The molecule has 0 aromatic carbocycles. The van der Waals surface area contributed by atoms with Crippen molar-refractivity contribution in [3.05, 3.63) is 0 Å². The minimum Gasteiger partial charge on any atom is -0.386 e. The second kappa shape index (κ2) is 8.10. The molecule has 0 aliphatic heterocycles. The van der Waals surface area contributed by atoms with Gasteiger partial charge in [0.15, 0.2) is 0 Å². The fraction of sp³-hybridized carbons (Fsp3) is 1.00. The second-order valence-corrected chi connectivity index (χ2v) is 5.63. The van der Waals surface area contributed by atoms with Crippen LogP contribution in [0.4, 0.5) is 0 Å². The van der Waals surface area contributed by atoms with Crippen LogP contribution in [-0.2, 0) is 9.47 Å². The van der Waals surface area contributed by atoms with Gasteiger partial charge in [-0.15, -0.1) is 0 Å². The molecule has 0 aromatic heterocycles. The maximum atomic E-state index is 10.2. The Hall–Kier alpha value is -0.160.